The molecule has 6 heteroatoms. The van der Waals surface area contributed by atoms with Gasteiger partial charge in [-0.2, -0.15) is 4.98 Å². The van der Waals surface area contributed by atoms with Gasteiger partial charge in [-0.05, 0) is 42.8 Å². The summed E-state index contributed by atoms with van der Waals surface area (Å²) in [6.45, 7) is 4.30. The monoisotopic (exact) mass is 348 g/mol. The van der Waals surface area contributed by atoms with Gasteiger partial charge in [0.1, 0.15) is 11.6 Å². The van der Waals surface area contributed by atoms with Crippen LogP contribution in [0, 0.1) is 19.7 Å². The van der Waals surface area contributed by atoms with Crippen LogP contribution in [0.2, 0.25) is 0 Å². The number of hydrogen-bond acceptors (Lipinski definition) is 5. The fourth-order valence-corrected chi connectivity index (χ4v) is 2.80. The molecule has 0 radical (unpaired) electrons. The molecule has 0 saturated carbocycles. The molecule has 4 rings (SSSR count). The van der Waals surface area contributed by atoms with Crippen molar-refractivity contribution in [2.45, 2.75) is 20.4 Å². The van der Waals surface area contributed by atoms with Crippen LogP contribution in [0.25, 0.3) is 22.3 Å². The van der Waals surface area contributed by atoms with Gasteiger partial charge in [-0.15, -0.1) is 0 Å². The third kappa shape index (κ3) is 3.26. The number of aryl methyl sites for hydroxylation is 2. The van der Waals surface area contributed by atoms with E-state index in [1.807, 2.05) is 25.1 Å². The van der Waals surface area contributed by atoms with Crippen molar-refractivity contribution in [1.82, 2.24) is 15.1 Å². The first kappa shape index (κ1) is 16.2. The van der Waals surface area contributed by atoms with Crippen molar-refractivity contribution in [3.05, 3.63) is 71.4 Å². The number of halogens is 1. The minimum absolute atomic E-state index is 0.254. The van der Waals surface area contributed by atoms with Gasteiger partial charge in [0.15, 0.2) is 0 Å². The Morgan fingerprint density at radius 2 is 1.81 bits per heavy atom. The quantitative estimate of drug-likeness (QED) is 0.581. The highest BCUT2D eigenvalue weighted by molar-refractivity contribution is 5.88. The van der Waals surface area contributed by atoms with Crippen molar-refractivity contribution in [3.63, 3.8) is 0 Å². The summed E-state index contributed by atoms with van der Waals surface area (Å²) >= 11 is 0. The molecule has 130 valence electrons. The summed E-state index contributed by atoms with van der Waals surface area (Å²) in [5.74, 6) is 1.39. The number of pyridine rings is 1. The lowest BCUT2D eigenvalue weighted by Gasteiger charge is -2.11. The molecule has 0 saturated heterocycles. The van der Waals surface area contributed by atoms with Crippen LogP contribution in [0.5, 0.6) is 0 Å². The predicted molar refractivity (Wildman–Crippen MR) is 98.2 cm³/mol. The first-order valence-corrected chi connectivity index (χ1v) is 8.29. The Morgan fingerprint density at radius 1 is 1.00 bits per heavy atom. The van der Waals surface area contributed by atoms with Crippen molar-refractivity contribution in [2.75, 3.05) is 5.32 Å². The number of rotatable bonds is 4. The van der Waals surface area contributed by atoms with Gasteiger partial charge in [0.2, 0.25) is 11.7 Å². The smallest absolute Gasteiger partial charge is 0.223 e. The number of nitrogens with zero attached hydrogens (tertiary/aromatic N) is 3. The summed E-state index contributed by atoms with van der Waals surface area (Å²) in [5.41, 5.74) is 3.75. The summed E-state index contributed by atoms with van der Waals surface area (Å²) in [5, 5.41) is 8.34. The lowest BCUT2D eigenvalue weighted by Crippen LogP contribution is -2.04. The molecule has 1 N–H and O–H groups in total. The maximum absolute atomic E-state index is 13.1. The summed E-state index contributed by atoms with van der Waals surface area (Å²) in [7, 11) is 0. The lowest BCUT2D eigenvalue weighted by atomic mass is 10.1. The molecular formula is C20H17FN4O. The molecule has 0 aliphatic rings. The van der Waals surface area contributed by atoms with E-state index >= 15 is 0 Å². The van der Waals surface area contributed by atoms with Gasteiger partial charge >= 0.3 is 0 Å². The van der Waals surface area contributed by atoms with Crippen LogP contribution in [-0.4, -0.2) is 15.1 Å². The second-order valence-electron chi connectivity index (χ2n) is 6.20. The highest BCUT2D eigenvalue weighted by atomic mass is 19.1. The Bertz CT molecular complexity index is 1070. The molecule has 2 heterocycles. The third-order valence-corrected chi connectivity index (χ3v) is 4.11. The van der Waals surface area contributed by atoms with Gasteiger partial charge in [0.25, 0.3) is 0 Å². The maximum Gasteiger partial charge on any atom is 0.223 e. The number of hydrogen-bond donors (Lipinski definition) is 1. The number of benzene rings is 2. The zero-order valence-electron chi connectivity index (χ0n) is 14.5. The zero-order chi connectivity index (χ0) is 18.1. The molecule has 0 bridgehead atoms. The summed E-state index contributed by atoms with van der Waals surface area (Å²) < 4.78 is 18.2. The van der Waals surface area contributed by atoms with Crippen LogP contribution in [-0.2, 0) is 6.54 Å². The molecule has 0 amide bonds. The van der Waals surface area contributed by atoms with E-state index in [0.29, 0.717) is 24.1 Å². The van der Waals surface area contributed by atoms with Crippen molar-refractivity contribution in [1.29, 1.82) is 0 Å². The Kier molecular flexibility index (Phi) is 4.08. The minimum atomic E-state index is -0.254. The van der Waals surface area contributed by atoms with E-state index in [9.17, 15) is 4.39 Å². The van der Waals surface area contributed by atoms with Crippen LogP contribution in [0.4, 0.5) is 10.2 Å². The van der Waals surface area contributed by atoms with Crippen LogP contribution >= 0.6 is 0 Å². The van der Waals surface area contributed by atoms with Gasteiger partial charge < -0.3 is 9.84 Å². The Balaban J connectivity index is 1.75. The molecular weight excluding hydrogens is 331 g/mol. The van der Waals surface area contributed by atoms with Crippen molar-refractivity contribution in [3.8, 4) is 11.4 Å². The summed E-state index contributed by atoms with van der Waals surface area (Å²) in [4.78, 5) is 9.06. The molecule has 26 heavy (non-hydrogen) atoms. The van der Waals surface area contributed by atoms with Gasteiger partial charge in [-0.1, -0.05) is 28.9 Å². The van der Waals surface area contributed by atoms with Gasteiger partial charge in [0, 0.05) is 18.9 Å². The van der Waals surface area contributed by atoms with E-state index in [1.165, 1.54) is 12.1 Å². The van der Waals surface area contributed by atoms with Crippen molar-refractivity contribution >= 4 is 16.7 Å². The van der Waals surface area contributed by atoms with Crippen LogP contribution in [0.1, 0.15) is 17.0 Å². The molecule has 0 aliphatic carbocycles. The SMILES string of the molecule is Cc1ccc2nc(NCc3ccc(F)cc3)c(-c3noc(C)n3)cc2c1. The van der Waals surface area contributed by atoms with E-state index in [0.717, 1.165) is 27.6 Å². The van der Waals surface area contributed by atoms with Gasteiger partial charge in [-0.25, -0.2) is 9.37 Å². The van der Waals surface area contributed by atoms with Crippen molar-refractivity contribution < 1.29 is 8.91 Å². The first-order valence-electron chi connectivity index (χ1n) is 8.29. The van der Waals surface area contributed by atoms with E-state index < -0.39 is 0 Å². The third-order valence-electron chi connectivity index (χ3n) is 4.11. The van der Waals surface area contributed by atoms with E-state index in [1.54, 1.807) is 19.1 Å². The summed E-state index contributed by atoms with van der Waals surface area (Å²) in [6.07, 6.45) is 0. The molecule has 0 spiro atoms. The molecule has 2 aromatic carbocycles. The average molecular weight is 348 g/mol. The zero-order valence-corrected chi connectivity index (χ0v) is 14.5. The van der Waals surface area contributed by atoms with Gasteiger partial charge in [0.05, 0.1) is 11.1 Å². The predicted octanol–water partition coefficient (Wildman–Crippen LogP) is 4.65. The van der Waals surface area contributed by atoms with Crippen LogP contribution in [0.15, 0.2) is 53.1 Å². The molecule has 2 aromatic heterocycles. The Hall–Kier alpha value is -3.28. The van der Waals surface area contributed by atoms with Crippen molar-refractivity contribution in [2.24, 2.45) is 0 Å². The highest BCUT2D eigenvalue weighted by Gasteiger charge is 2.14. The molecule has 0 aliphatic heterocycles. The molecule has 0 unspecified atom stereocenters. The second-order valence-corrected chi connectivity index (χ2v) is 6.20. The normalized spacial score (nSPS) is 11.0. The number of anilines is 1. The molecule has 4 aromatic rings. The standard InChI is InChI=1S/C20H17FN4O/c1-12-3-8-18-15(9-12)10-17(20-23-13(2)26-25-20)19(24-18)22-11-14-4-6-16(21)7-5-14/h3-10H,11H2,1-2H3,(H,22,24). The van der Waals surface area contributed by atoms with E-state index in [2.05, 4.69) is 21.5 Å². The number of nitrogens with one attached hydrogen (secondary N) is 1. The van der Waals surface area contributed by atoms with E-state index in [4.69, 9.17) is 9.51 Å². The van der Waals surface area contributed by atoms with Crippen LogP contribution < -0.4 is 5.32 Å². The maximum atomic E-state index is 13.1. The van der Waals surface area contributed by atoms with Gasteiger partial charge in [-0.3, -0.25) is 0 Å². The molecule has 0 fully saturated rings. The first-order chi connectivity index (χ1) is 12.6. The fourth-order valence-electron chi connectivity index (χ4n) is 2.80. The van der Waals surface area contributed by atoms with Crippen LogP contribution in [0.3, 0.4) is 0 Å². The Morgan fingerprint density at radius 3 is 2.54 bits per heavy atom. The molecule has 5 nitrogen and oxygen atoms in total. The lowest BCUT2D eigenvalue weighted by molar-refractivity contribution is 0.394. The fraction of sp³-hybridized carbons (Fsp3) is 0.150. The topological polar surface area (TPSA) is 63.8 Å². The Labute approximate surface area is 149 Å². The molecule has 0 atom stereocenters. The number of fused-ring (bicyclic) bond motifs is 1. The summed E-state index contributed by atoms with van der Waals surface area (Å²) in [6, 6.07) is 14.5. The number of aromatic nitrogens is 3. The highest BCUT2D eigenvalue weighted by Crippen LogP contribution is 2.29. The van der Waals surface area contributed by atoms with E-state index in [-0.39, 0.29) is 5.82 Å². The average Bonchev–Trinajstić information content (AvgIpc) is 3.07. The minimum Gasteiger partial charge on any atom is -0.365 e. The largest absolute Gasteiger partial charge is 0.365 e. The second kappa shape index (κ2) is 6.55.